The molecule has 1 N–H and O–H groups in total. The van der Waals surface area contributed by atoms with Crippen LogP contribution in [0.1, 0.15) is 16.7 Å². The van der Waals surface area contributed by atoms with Gasteiger partial charge < -0.3 is 5.32 Å². The van der Waals surface area contributed by atoms with Crippen molar-refractivity contribution in [1.82, 2.24) is 14.6 Å². The van der Waals surface area contributed by atoms with E-state index in [1.165, 1.54) is 4.31 Å². The van der Waals surface area contributed by atoms with Crippen molar-refractivity contribution in [3.05, 3.63) is 95.8 Å². The average Bonchev–Trinajstić information content (AvgIpc) is 2.77. The molecule has 1 amide bonds. The van der Waals surface area contributed by atoms with Gasteiger partial charge in [-0.15, -0.1) is 0 Å². The van der Waals surface area contributed by atoms with Crippen LogP contribution in [0.3, 0.4) is 0 Å². The van der Waals surface area contributed by atoms with E-state index in [-0.39, 0.29) is 23.9 Å². The lowest BCUT2D eigenvalue weighted by Gasteiger charge is -2.22. The number of pyridine rings is 1. The lowest BCUT2D eigenvalue weighted by Crippen LogP contribution is -2.41. The number of nitrogens with one attached hydrogen (secondary N) is 1. The highest BCUT2D eigenvalue weighted by molar-refractivity contribution is 7.89. The predicted molar refractivity (Wildman–Crippen MR) is 116 cm³/mol. The van der Waals surface area contributed by atoms with Gasteiger partial charge in [0.15, 0.2) is 0 Å². The maximum absolute atomic E-state index is 13.2. The SMILES string of the molecule is Cc1ccc(S(=O)(=O)N(CCc2ccccc2)CC(=O)NCc2cccnc2)cc1. The molecule has 0 saturated heterocycles. The molecule has 0 aliphatic heterocycles. The molecule has 3 rings (SSSR count). The smallest absolute Gasteiger partial charge is 0.243 e. The zero-order chi connectivity index (χ0) is 21.4. The maximum Gasteiger partial charge on any atom is 0.243 e. The molecule has 156 valence electrons. The Hall–Kier alpha value is -3.03. The molecule has 0 atom stereocenters. The summed E-state index contributed by atoms with van der Waals surface area (Å²) in [4.78, 5) is 16.7. The van der Waals surface area contributed by atoms with E-state index in [1.54, 1.807) is 42.7 Å². The lowest BCUT2D eigenvalue weighted by molar-refractivity contribution is -0.121. The topological polar surface area (TPSA) is 79.4 Å². The Morgan fingerprint density at radius 2 is 1.67 bits per heavy atom. The third-order valence-electron chi connectivity index (χ3n) is 4.68. The highest BCUT2D eigenvalue weighted by Gasteiger charge is 2.26. The maximum atomic E-state index is 13.2. The van der Waals surface area contributed by atoms with E-state index in [1.807, 2.05) is 43.3 Å². The number of aryl methyl sites for hydroxylation is 1. The minimum Gasteiger partial charge on any atom is -0.351 e. The number of carbonyl (C=O) groups is 1. The van der Waals surface area contributed by atoms with Gasteiger partial charge in [0, 0.05) is 25.5 Å². The van der Waals surface area contributed by atoms with E-state index >= 15 is 0 Å². The third kappa shape index (κ3) is 5.98. The summed E-state index contributed by atoms with van der Waals surface area (Å²) >= 11 is 0. The second kappa shape index (κ2) is 10.1. The van der Waals surface area contributed by atoms with E-state index in [0.717, 1.165) is 16.7 Å². The third-order valence-corrected chi connectivity index (χ3v) is 6.54. The number of aromatic nitrogens is 1. The molecule has 0 radical (unpaired) electrons. The molecule has 0 bridgehead atoms. The van der Waals surface area contributed by atoms with E-state index < -0.39 is 10.0 Å². The minimum absolute atomic E-state index is 0.182. The molecule has 0 fully saturated rings. The summed E-state index contributed by atoms with van der Waals surface area (Å²) in [6.45, 7) is 2.16. The van der Waals surface area contributed by atoms with Gasteiger partial charge in [-0.2, -0.15) is 4.31 Å². The Morgan fingerprint density at radius 3 is 2.33 bits per heavy atom. The van der Waals surface area contributed by atoms with Crippen LogP contribution in [0.4, 0.5) is 0 Å². The van der Waals surface area contributed by atoms with Crippen LogP contribution < -0.4 is 5.32 Å². The number of carbonyl (C=O) groups excluding carboxylic acids is 1. The van der Waals surface area contributed by atoms with Crippen molar-refractivity contribution in [3.63, 3.8) is 0 Å². The highest BCUT2D eigenvalue weighted by atomic mass is 32.2. The quantitative estimate of drug-likeness (QED) is 0.574. The van der Waals surface area contributed by atoms with Crippen molar-refractivity contribution >= 4 is 15.9 Å². The van der Waals surface area contributed by atoms with Crippen molar-refractivity contribution in [2.24, 2.45) is 0 Å². The lowest BCUT2D eigenvalue weighted by atomic mass is 10.1. The Balaban J connectivity index is 1.74. The molecule has 30 heavy (non-hydrogen) atoms. The largest absolute Gasteiger partial charge is 0.351 e. The fraction of sp³-hybridized carbons (Fsp3) is 0.217. The first-order chi connectivity index (χ1) is 14.4. The Morgan fingerprint density at radius 1 is 0.967 bits per heavy atom. The number of amides is 1. The van der Waals surface area contributed by atoms with Gasteiger partial charge in [-0.3, -0.25) is 9.78 Å². The summed E-state index contributed by atoms with van der Waals surface area (Å²) in [6.07, 6.45) is 3.84. The number of hydrogen-bond donors (Lipinski definition) is 1. The van der Waals surface area contributed by atoms with Gasteiger partial charge in [-0.1, -0.05) is 54.1 Å². The monoisotopic (exact) mass is 423 g/mol. The van der Waals surface area contributed by atoms with Gasteiger partial charge in [0.2, 0.25) is 15.9 Å². The van der Waals surface area contributed by atoms with Crippen LogP contribution in [0.2, 0.25) is 0 Å². The molecule has 3 aromatic rings. The van der Waals surface area contributed by atoms with Gasteiger partial charge in [-0.05, 0) is 42.7 Å². The van der Waals surface area contributed by atoms with Crippen molar-refractivity contribution < 1.29 is 13.2 Å². The second-order valence-electron chi connectivity index (χ2n) is 7.03. The van der Waals surface area contributed by atoms with Gasteiger partial charge in [-0.25, -0.2) is 8.42 Å². The van der Waals surface area contributed by atoms with Gasteiger partial charge >= 0.3 is 0 Å². The Bertz CT molecular complexity index is 1050. The molecule has 0 unspecified atom stereocenters. The molecule has 7 heteroatoms. The summed E-state index contributed by atoms with van der Waals surface area (Å²) in [5.41, 5.74) is 2.83. The van der Waals surface area contributed by atoms with Crippen LogP contribution in [-0.2, 0) is 27.8 Å². The molecule has 0 spiro atoms. The van der Waals surface area contributed by atoms with Gasteiger partial charge in [0.1, 0.15) is 0 Å². The summed E-state index contributed by atoms with van der Waals surface area (Å²) in [6, 6.07) is 19.9. The molecule has 1 heterocycles. The number of nitrogens with zero attached hydrogens (tertiary/aromatic N) is 2. The fourth-order valence-corrected chi connectivity index (χ4v) is 4.36. The molecule has 2 aromatic carbocycles. The first-order valence-corrected chi connectivity index (χ1v) is 11.2. The summed E-state index contributed by atoms with van der Waals surface area (Å²) in [7, 11) is -3.81. The molecule has 0 aliphatic carbocycles. The molecule has 0 saturated carbocycles. The van der Waals surface area contributed by atoms with Crippen molar-refractivity contribution in [1.29, 1.82) is 0 Å². The van der Waals surface area contributed by atoms with Gasteiger partial charge in [0.25, 0.3) is 0 Å². The first-order valence-electron chi connectivity index (χ1n) is 9.71. The standard InChI is InChI=1S/C23H25N3O3S/c1-19-9-11-22(12-10-19)30(28,29)26(15-13-20-6-3-2-4-7-20)18-23(27)25-17-21-8-5-14-24-16-21/h2-12,14,16H,13,15,17-18H2,1H3,(H,25,27). The van der Waals surface area contributed by atoms with Crippen LogP contribution in [-0.4, -0.2) is 36.7 Å². The zero-order valence-corrected chi connectivity index (χ0v) is 17.7. The second-order valence-corrected chi connectivity index (χ2v) is 8.96. The molecule has 1 aromatic heterocycles. The van der Waals surface area contributed by atoms with Crippen LogP contribution in [0.5, 0.6) is 0 Å². The zero-order valence-electron chi connectivity index (χ0n) is 16.9. The average molecular weight is 424 g/mol. The number of benzene rings is 2. The Kier molecular flexibility index (Phi) is 7.32. The van der Waals surface area contributed by atoms with Crippen molar-refractivity contribution in [2.75, 3.05) is 13.1 Å². The molecular formula is C23H25N3O3S. The molecule has 0 aliphatic rings. The van der Waals surface area contributed by atoms with E-state index in [9.17, 15) is 13.2 Å². The van der Waals surface area contributed by atoms with E-state index in [2.05, 4.69) is 10.3 Å². The van der Waals surface area contributed by atoms with Crippen LogP contribution in [0.15, 0.2) is 84.0 Å². The fourth-order valence-electron chi connectivity index (χ4n) is 2.96. The van der Waals surface area contributed by atoms with Gasteiger partial charge in [0.05, 0.1) is 11.4 Å². The highest BCUT2D eigenvalue weighted by Crippen LogP contribution is 2.17. The van der Waals surface area contributed by atoms with Crippen molar-refractivity contribution in [2.45, 2.75) is 24.8 Å². The van der Waals surface area contributed by atoms with Crippen LogP contribution in [0.25, 0.3) is 0 Å². The predicted octanol–water partition coefficient (Wildman–Crippen LogP) is 2.94. The number of hydrogen-bond acceptors (Lipinski definition) is 4. The number of rotatable bonds is 9. The molecule has 6 nitrogen and oxygen atoms in total. The Labute approximate surface area is 177 Å². The van der Waals surface area contributed by atoms with Crippen LogP contribution >= 0.6 is 0 Å². The number of sulfonamides is 1. The summed E-state index contributed by atoms with van der Waals surface area (Å²) < 4.78 is 27.7. The van der Waals surface area contributed by atoms with Crippen LogP contribution in [0, 0.1) is 6.92 Å². The summed E-state index contributed by atoms with van der Waals surface area (Å²) in [5.74, 6) is -0.359. The summed E-state index contributed by atoms with van der Waals surface area (Å²) in [5, 5.41) is 2.78. The molecular weight excluding hydrogens is 398 g/mol. The van der Waals surface area contributed by atoms with Crippen molar-refractivity contribution in [3.8, 4) is 0 Å². The first kappa shape index (κ1) is 21.7. The van der Waals surface area contributed by atoms with E-state index in [0.29, 0.717) is 13.0 Å². The normalized spacial score (nSPS) is 11.4. The minimum atomic E-state index is -3.81. The van der Waals surface area contributed by atoms with E-state index in [4.69, 9.17) is 0 Å².